The second kappa shape index (κ2) is 9.59. The van der Waals surface area contributed by atoms with E-state index in [-0.39, 0.29) is 12.5 Å². The fourth-order valence-corrected chi connectivity index (χ4v) is 3.49. The first-order valence-corrected chi connectivity index (χ1v) is 10.2. The van der Waals surface area contributed by atoms with Gasteiger partial charge in [-0.3, -0.25) is 4.79 Å². The zero-order chi connectivity index (χ0) is 22.3. The minimum absolute atomic E-state index is 0.248. The molecular formula is C27H21N3O2. The van der Waals surface area contributed by atoms with Crippen molar-refractivity contribution in [2.45, 2.75) is 13.5 Å². The van der Waals surface area contributed by atoms with E-state index >= 15 is 0 Å². The van der Waals surface area contributed by atoms with E-state index in [1.165, 1.54) is 0 Å². The third kappa shape index (κ3) is 4.50. The number of hydrogen-bond donors (Lipinski definition) is 1. The van der Waals surface area contributed by atoms with Gasteiger partial charge in [0.1, 0.15) is 12.4 Å². The lowest BCUT2D eigenvalue weighted by molar-refractivity contribution is 0.0954. The molecular weight excluding hydrogens is 398 g/mol. The van der Waals surface area contributed by atoms with E-state index in [4.69, 9.17) is 4.74 Å². The predicted octanol–water partition coefficient (Wildman–Crippen LogP) is 5.36. The molecule has 1 N–H and O–H groups in total. The largest absolute Gasteiger partial charge is 0.488 e. The number of ether oxygens (including phenoxy) is 1. The van der Waals surface area contributed by atoms with Gasteiger partial charge in [-0.05, 0) is 41.5 Å². The number of benzene rings is 4. The molecule has 4 rings (SSSR count). The summed E-state index contributed by atoms with van der Waals surface area (Å²) in [5.41, 5.74) is 6.20. The quantitative estimate of drug-likeness (QED) is 0.338. The lowest BCUT2D eigenvalue weighted by atomic mass is 10.0. The molecule has 0 aliphatic rings. The van der Waals surface area contributed by atoms with Gasteiger partial charge in [0.25, 0.3) is 5.91 Å². The zero-order valence-electron chi connectivity index (χ0n) is 17.6. The Labute approximate surface area is 186 Å². The summed E-state index contributed by atoms with van der Waals surface area (Å²) in [5, 5.41) is 15.5. The van der Waals surface area contributed by atoms with Crippen molar-refractivity contribution in [3.8, 4) is 11.8 Å². The van der Waals surface area contributed by atoms with E-state index in [1.807, 2.05) is 79.7 Å². The van der Waals surface area contributed by atoms with Crippen LogP contribution in [0.2, 0.25) is 0 Å². The van der Waals surface area contributed by atoms with Gasteiger partial charge in [0, 0.05) is 16.7 Å². The Bertz CT molecular complexity index is 1350. The maximum Gasteiger partial charge on any atom is 0.271 e. The van der Waals surface area contributed by atoms with Crippen LogP contribution in [0.3, 0.4) is 0 Å². The van der Waals surface area contributed by atoms with Crippen molar-refractivity contribution < 1.29 is 9.53 Å². The Morgan fingerprint density at radius 2 is 1.75 bits per heavy atom. The van der Waals surface area contributed by atoms with Crippen molar-refractivity contribution in [2.75, 3.05) is 0 Å². The molecule has 1 amide bonds. The van der Waals surface area contributed by atoms with E-state index in [2.05, 4.69) is 16.6 Å². The summed E-state index contributed by atoms with van der Waals surface area (Å²) in [7, 11) is 0. The third-order valence-corrected chi connectivity index (χ3v) is 5.20. The average Bonchev–Trinajstić information content (AvgIpc) is 2.83. The van der Waals surface area contributed by atoms with Crippen LogP contribution in [0.25, 0.3) is 10.8 Å². The lowest BCUT2D eigenvalue weighted by Crippen LogP contribution is -2.18. The lowest BCUT2D eigenvalue weighted by Gasteiger charge is -2.12. The van der Waals surface area contributed by atoms with Crippen LogP contribution in [0.1, 0.15) is 32.6 Å². The second-order valence-corrected chi connectivity index (χ2v) is 7.27. The summed E-state index contributed by atoms with van der Waals surface area (Å²) in [6, 6.07) is 28.6. The number of aryl methyl sites for hydroxylation is 1. The first kappa shape index (κ1) is 20.8. The molecule has 0 heterocycles. The van der Waals surface area contributed by atoms with Crippen LogP contribution in [0.5, 0.6) is 5.75 Å². The normalized spacial score (nSPS) is 10.8. The summed E-state index contributed by atoms with van der Waals surface area (Å²) in [4.78, 5) is 12.5. The fourth-order valence-electron chi connectivity index (χ4n) is 3.49. The number of hydrogen-bond acceptors (Lipinski definition) is 4. The topological polar surface area (TPSA) is 74.5 Å². The van der Waals surface area contributed by atoms with Gasteiger partial charge in [0.05, 0.1) is 17.8 Å². The maximum atomic E-state index is 12.5. The maximum absolute atomic E-state index is 12.5. The minimum Gasteiger partial charge on any atom is -0.488 e. The first-order chi connectivity index (χ1) is 15.7. The molecule has 0 atom stereocenters. The number of carbonyl (C=O) groups excluding carboxylic acids is 1. The van der Waals surface area contributed by atoms with Crippen molar-refractivity contribution in [1.82, 2.24) is 5.43 Å². The number of rotatable bonds is 6. The van der Waals surface area contributed by atoms with Crippen LogP contribution in [-0.4, -0.2) is 12.1 Å². The van der Waals surface area contributed by atoms with Gasteiger partial charge in [-0.1, -0.05) is 66.7 Å². The molecule has 0 radical (unpaired) electrons. The number of nitriles is 1. The second-order valence-electron chi connectivity index (χ2n) is 7.27. The Morgan fingerprint density at radius 1 is 1.00 bits per heavy atom. The summed E-state index contributed by atoms with van der Waals surface area (Å²) in [5.74, 6) is 0.343. The minimum atomic E-state index is -0.273. The van der Waals surface area contributed by atoms with E-state index in [1.54, 1.807) is 18.3 Å². The smallest absolute Gasteiger partial charge is 0.271 e. The van der Waals surface area contributed by atoms with E-state index < -0.39 is 0 Å². The van der Waals surface area contributed by atoms with E-state index in [0.717, 1.165) is 27.5 Å². The predicted molar refractivity (Wildman–Crippen MR) is 126 cm³/mol. The molecule has 0 fully saturated rings. The summed E-state index contributed by atoms with van der Waals surface area (Å²) < 4.78 is 6.08. The molecule has 0 unspecified atom stereocenters. The molecule has 0 saturated heterocycles. The molecule has 0 aromatic heterocycles. The SMILES string of the molecule is Cc1ccccc1C(=O)N/N=C\c1c(OCc2ccccc2C#N)ccc2ccccc12. The van der Waals surface area contributed by atoms with Crippen LogP contribution < -0.4 is 10.2 Å². The van der Waals surface area contributed by atoms with E-state index in [9.17, 15) is 10.1 Å². The van der Waals surface area contributed by atoms with Crippen molar-refractivity contribution in [1.29, 1.82) is 5.26 Å². The first-order valence-electron chi connectivity index (χ1n) is 10.2. The van der Waals surface area contributed by atoms with Crippen LogP contribution in [0, 0.1) is 18.3 Å². The summed E-state index contributed by atoms with van der Waals surface area (Å²) in [6.45, 7) is 2.13. The zero-order valence-corrected chi connectivity index (χ0v) is 17.6. The fraction of sp³-hybridized carbons (Fsp3) is 0.0741. The van der Waals surface area contributed by atoms with Gasteiger partial charge in [0.15, 0.2) is 0 Å². The molecule has 0 aliphatic heterocycles. The number of carbonyl (C=O) groups is 1. The van der Waals surface area contributed by atoms with Crippen LogP contribution in [-0.2, 0) is 6.61 Å². The highest BCUT2D eigenvalue weighted by atomic mass is 16.5. The number of hydrazone groups is 1. The number of amides is 1. The highest BCUT2D eigenvalue weighted by Gasteiger charge is 2.10. The van der Waals surface area contributed by atoms with Crippen LogP contribution in [0.4, 0.5) is 0 Å². The highest BCUT2D eigenvalue weighted by Crippen LogP contribution is 2.27. The molecule has 5 nitrogen and oxygen atoms in total. The molecule has 0 saturated carbocycles. The third-order valence-electron chi connectivity index (χ3n) is 5.20. The summed E-state index contributed by atoms with van der Waals surface area (Å²) >= 11 is 0. The molecule has 5 heteroatoms. The standard InChI is InChI=1S/C27H21N3O2/c1-19-8-2-6-12-23(19)27(31)30-29-17-25-24-13-7-5-9-20(24)14-15-26(25)32-18-22-11-4-3-10-21(22)16-28/h2-15,17H,18H2,1H3,(H,30,31)/b29-17-. The Kier molecular flexibility index (Phi) is 6.24. The van der Waals surface area contributed by atoms with Crippen molar-refractivity contribution >= 4 is 22.9 Å². The van der Waals surface area contributed by atoms with Crippen molar-refractivity contribution in [3.63, 3.8) is 0 Å². The molecule has 4 aromatic carbocycles. The Balaban J connectivity index is 1.62. The van der Waals surface area contributed by atoms with Crippen LogP contribution >= 0.6 is 0 Å². The molecule has 0 aliphatic carbocycles. The van der Waals surface area contributed by atoms with Crippen LogP contribution in [0.15, 0.2) is 90.0 Å². The number of fused-ring (bicyclic) bond motifs is 1. The van der Waals surface area contributed by atoms with Gasteiger partial charge >= 0.3 is 0 Å². The highest BCUT2D eigenvalue weighted by molar-refractivity contribution is 6.03. The Morgan fingerprint density at radius 3 is 2.59 bits per heavy atom. The number of nitrogens with zero attached hydrogens (tertiary/aromatic N) is 2. The van der Waals surface area contributed by atoms with Gasteiger partial charge < -0.3 is 4.74 Å². The monoisotopic (exact) mass is 419 g/mol. The molecule has 0 bridgehead atoms. The van der Waals surface area contributed by atoms with Gasteiger partial charge in [0.2, 0.25) is 0 Å². The molecule has 4 aromatic rings. The van der Waals surface area contributed by atoms with Crippen molar-refractivity contribution in [3.05, 3.63) is 113 Å². The van der Waals surface area contributed by atoms with E-state index in [0.29, 0.717) is 16.9 Å². The number of nitrogens with one attached hydrogen (secondary N) is 1. The van der Waals surface area contributed by atoms with Gasteiger partial charge in [-0.25, -0.2) is 5.43 Å². The molecule has 156 valence electrons. The van der Waals surface area contributed by atoms with Gasteiger partial charge in [-0.15, -0.1) is 0 Å². The average molecular weight is 419 g/mol. The molecule has 0 spiro atoms. The van der Waals surface area contributed by atoms with Gasteiger partial charge in [-0.2, -0.15) is 10.4 Å². The summed E-state index contributed by atoms with van der Waals surface area (Å²) in [6.07, 6.45) is 1.60. The van der Waals surface area contributed by atoms with Crippen molar-refractivity contribution in [2.24, 2.45) is 5.10 Å². The molecule has 32 heavy (non-hydrogen) atoms. The Hall–Kier alpha value is -4.43.